The summed E-state index contributed by atoms with van der Waals surface area (Å²) in [6, 6.07) is -0.285. The molecule has 8 nitrogen and oxygen atoms in total. The standard InChI is InChI=1S/C13H18N6O2/c20-6-5-19-12-9(7-17-19)11(15-8-16-12)18-10-3-1-2-4-14-13(10)21/h7-8,10,20H,1-6H2,(H,14,21)(H,15,16,18)/t10-/m0/s1. The van der Waals surface area contributed by atoms with Crippen molar-refractivity contribution in [2.24, 2.45) is 0 Å². The molecule has 2 aromatic heterocycles. The number of hydrogen-bond acceptors (Lipinski definition) is 6. The number of anilines is 1. The van der Waals surface area contributed by atoms with Crippen molar-refractivity contribution in [2.75, 3.05) is 18.5 Å². The monoisotopic (exact) mass is 290 g/mol. The molecule has 112 valence electrons. The van der Waals surface area contributed by atoms with Crippen molar-refractivity contribution in [3.05, 3.63) is 12.5 Å². The molecule has 1 fully saturated rings. The third-order valence-electron chi connectivity index (χ3n) is 3.59. The molecule has 0 unspecified atom stereocenters. The van der Waals surface area contributed by atoms with Gasteiger partial charge in [0, 0.05) is 6.54 Å². The Kier molecular flexibility index (Phi) is 3.96. The van der Waals surface area contributed by atoms with E-state index in [-0.39, 0.29) is 18.6 Å². The van der Waals surface area contributed by atoms with E-state index in [0.717, 1.165) is 31.2 Å². The summed E-state index contributed by atoms with van der Waals surface area (Å²) in [5.41, 5.74) is 0.649. The van der Waals surface area contributed by atoms with E-state index in [9.17, 15) is 4.79 Å². The zero-order valence-corrected chi connectivity index (χ0v) is 11.6. The SMILES string of the molecule is O=C1NCCCC[C@@H]1Nc1ncnc2c1cnn2CCO. The number of carbonyl (C=O) groups is 1. The van der Waals surface area contributed by atoms with Crippen LogP contribution in [0.25, 0.3) is 11.0 Å². The lowest BCUT2D eigenvalue weighted by Gasteiger charge is -2.16. The Hall–Kier alpha value is -2.22. The summed E-state index contributed by atoms with van der Waals surface area (Å²) in [5, 5.41) is 20.0. The van der Waals surface area contributed by atoms with Gasteiger partial charge in [-0.25, -0.2) is 14.6 Å². The van der Waals surface area contributed by atoms with Gasteiger partial charge in [0.25, 0.3) is 0 Å². The molecule has 0 aliphatic carbocycles. The van der Waals surface area contributed by atoms with Gasteiger partial charge in [-0.1, -0.05) is 0 Å². The lowest BCUT2D eigenvalue weighted by molar-refractivity contribution is -0.121. The Bertz CT molecular complexity index is 641. The molecule has 2 aromatic rings. The predicted octanol–water partition coefficient (Wildman–Crippen LogP) is -0.101. The van der Waals surface area contributed by atoms with E-state index in [0.29, 0.717) is 18.0 Å². The number of carbonyl (C=O) groups excluding carboxylic acids is 1. The van der Waals surface area contributed by atoms with Crippen molar-refractivity contribution >= 4 is 22.8 Å². The van der Waals surface area contributed by atoms with E-state index in [1.54, 1.807) is 10.9 Å². The van der Waals surface area contributed by atoms with E-state index in [2.05, 4.69) is 25.7 Å². The molecule has 3 rings (SSSR count). The Balaban J connectivity index is 1.88. The normalized spacial score (nSPS) is 19.3. The van der Waals surface area contributed by atoms with Crippen LogP contribution in [0.4, 0.5) is 5.82 Å². The van der Waals surface area contributed by atoms with E-state index >= 15 is 0 Å². The minimum absolute atomic E-state index is 0.00186. The molecule has 1 saturated heterocycles. The van der Waals surface area contributed by atoms with Gasteiger partial charge in [0.15, 0.2) is 5.65 Å². The first kappa shape index (κ1) is 13.7. The molecule has 0 bridgehead atoms. The van der Waals surface area contributed by atoms with Gasteiger partial charge in [-0.05, 0) is 19.3 Å². The van der Waals surface area contributed by atoms with Crippen LogP contribution in [-0.4, -0.2) is 50.0 Å². The van der Waals surface area contributed by atoms with Gasteiger partial charge in [0.2, 0.25) is 5.91 Å². The van der Waals surface area contributed by atoms with Crippen LogP contribution in [-0.2, 0) is 11.3 Å². The number of amides is 1. The van der Waals surface area contributed by atoms with Gasteiger partial charge < -0.3 is 15.7 Å². The zero-order valence-electron chi connectivity index (χ0n) is 11.6. The number of hydrogen-bond donors (Lipinski definition) is 3. The Morgan fingerprint density at radius 3 is 3.19 bits per heavy atom. The molecule has 1 aliphatic rings. The van der Waals surface area contributed by atoms with Gasteiger partial charge in [-0.3, -0.25) is 4.79 Å². The van der Waals surface area contributed by atoms with Crippen molar-refractivity contribution in [1.82, 2.24) is 25.1 Å². The highest BCUT2D eigenvalue weighted by atomic mass is 16.3. The van der Waals surface area contributed by atoms with Crippen LogP contribution in [0.3, 0.4) is 0 Å². The van der Waals surface area contributed by atoms with Crippen molar-refractivity contribution in [1.29, 1.82) is 0 Å². The Labute approximate surface area is 121 Å². The number of fused-ring (bicyclic) bond motifs is 1. The molecule has 0 saturated carbocycles. The molecule has 21 heavy (non-hydrogen) atoms. The highest BCUT2D eigenvalue weighted by molar-refractivity contribution is 5.90. The molecule has 1 aliphatic heterocycles. The summed E-state index contributed by atoms with van der Waals surface area (Å²) in [7, 11) is 0. The van der Waals surface area contributed by atoms with E-state index < -0.39 is 0 Å². The number of nitrogens with zero attached hydrogens (tertiary/aromatic N) is 4. The number of aliphatic hydroxyl groups excluding tert-OH is 1. The fourth-order valence-electron chi connectivity index (χ4n) is 2.51. The lowest BCUT2D eigenvalue weighted by Crippen LogP contribution is -2.38. The third kappa shape index (κ3) is 2.80. The van der Waals surface area contributed by atoms with Crippen molar-refractivity contribution in [3.63, 3.8) is 0 Å². The number of nitrogens with one attached hydrogen (secondary N) is 2. The molecular weight excluding hydrogens is 272 g/mol. The van der Waals surface area contributed by atoms with Crippen LogP contribution < -0.4 is 10.6 Å². The minimum atomic E-state index is -0.285. The second-order valence-electron chi connectivity index (χ2n) is 5.03. The molecule has 0 aromatic carbocycles. The van der Waals surface area contributed by atoms with E-state index in [4.69, 9.17) is 5.11 Å². The van der Waals surface area contributed by atoms with Crippen LogP contribution in [0.15, 0.2) is 12.5 Å². The van der Waals surface area contributed by atoms with E-state index in [1.807, 2.05) is 0 Å². The number of aromatic nitrogens is 4. The second-order valence-corrected chi connectivity index (χ2v) is 5.03. The summed E-state index contributed by atoms with van der Waals surface area (Å²) < 4.78 is 1.62. The highest BCUT2D eigenvalue weighted by Gasteiger charge is 2.22. The topological polar surface area (TPSA) is 105 Å². The van der Waals surface area contributed by atoms with Crippen molar-refractivity contribution in [3.8, 4) is 0 Å². The molecule has 3 N–H and O–H groups in total. The molecule has 1 atom stereocenters. The average Bonchev–Trinajstić information content (AvgIpc) is 2.79. The van der Waals surface area contributed by atoms with Crippen LogP contribution in [0, 0.1) is 0 Å². The second kappa shape index (κ2) is 6.04. The van der Waals surface area contributed by atoms with Crippen LogP contribution in [0.5, 0.6) is 0 Å². The van der Waals surface area contributed by atoms with Gasteiger partial charge in [-0.15, -0.1) is 0 Å². The summed E-state index contributed by atoms with van der Waals surface area (Å²) in [6.07, 6.45) is 5.87. The Morgan fingerprint density at radius 2 is 2.33 bits per heavy atom. The number of rotatable bonds is 4. The smallest absolute Gasteiger partial charge is 0.242 e. The molecule has 0 spiro atoms. The highest BCUT2D eigenvalue weighted by Crippen LogP contribution is 2.20. The maximum absolute atomic E-state index is 12.0. The van der Waals surface area contributed by atoms with E-state index in [1.165, 1.54) is 6.33 Å². The van der Waals surface area contributed by atoms with Crippen LogP contribution >= 0.6 is 0 Å². The summed E-state index contributed by atoms with van der Waals surface area (Å²) in [4.78, 5) is 20.4. The van der Waals surface area contributed by atoms with Gasteiger partial charge in [-0.2, -0.15) is 5.10 Å². The lowest BCUT2D eigenvalue weighted by atomic mass is 10.1. The van der Waals surface area contributed by atoms with Crippen molar-refractivity contribution < 1.29 is 9.90 Å². The Morgan fingerprint density at radius 1 is 1.43 bits per heavy atom. The number of aliphatic hydroxyl groups is 1. The third-order valence-corrected chi connectivity index (χ3v) is 3.59. The maximum atomic E-state index is 12.0. The summed E-state index contributed by atoms with van der Waals surface area (Å²) >= 11 is 0. The molecule has 1 amide bonds. The summed E-state index contributed by atoms with van der Waals surface area (Å²) in [6.45, 7) is 1.10. The molecular formula is C13H18N6O2. The quantitative estimate of drug-likeness (QED) is 0.726. The predicted molar refractivity (Wildman–Crippen MR) is 76.7 cm³/mol. The molecule has 0 radical (unpaired) electrons. The maximum Gasteiger partial charge on any atom is 0.242 e. The average molecular weight is 290 g/mol. The fourth-order valence-corrected chi connectivity index (χ4v) is 2.51. The summed E-state index contributed by atoms with van der Waals surface area (Å²) in [5.74, 6) is 0.605. The zero-order chi connectivity index (χ0) is 14.7. The first-order valence-electron chi connectivity index (χ1n) is 7.11. The minimum Gasteiger partial charge on any atom is -0.394 e. The van der Waals surface area contributed by atoms with Crippen LogP contribution in [0.2, 0.25) is 0 Å². The van der Waals surface area contributed by atoms with Crippen molar-refractivity contribution in [2.45, 2.75) is 31.8 Å². The van der Waals surface area contributed by atoms with Gasteiger partial charge >= 0.3 is 0 Å². The fraction of sp³-hybridized carbons (Fsp3) is 0.538. The van der Waals surface area contributed by atoms with Crippen LogP contribution in [0.1, 0.15) is 19.3 Å². The van der Waals surface area contributed by atoms with Gasteiger partial charge in [0.1, 0.15) is 18.2 Å². The molecule has 3 heterocycles. The largest absolute Gasteiger partial charge is 0.394 e. The van der Waals surface area contributed by atoms with Gasteiger partial charge in [0.05, 0.1) is 24.7 Å². The first-order chi connectivity index (χ1) is 10.3. The first-order valence-corrected chi connectivity index (χ1v) is 7.11. The molecule has 8 heteroatoms.